The highest BCUT2D eigenvalue weighted by Gasteiger charge is 2.48. The largest absolute Gasteiger partial charge is 0.353 e. The number of rotatable bonds is 4. The van der Waals surface area contributed by atoms with Gasteiger partial charge in [-0.1, -0.05) is 13.3 Å². The summed E-state index contributed by atoms with van der Waals surface area (Å²) in [6.07, 6.45) is 7.59. The molecule has 0 aromatic heterocycles. The highest BCUT2D eigenvalue weighted by atomic mass is 16.2. The number of hydrogen-bond acceptors (Lipinski definition) is 6. The van der Waals surface area contributed by atoms with Crippen molar-refractivity contribution in [3.8, 4) is 0 Å². The minimum atomic E-state index is -0.0260. The average Bonchev–Trinajstić information content (AvgIpc) is 3.11. The van der Waals surface area contributed by atoms with E-state index in [4.69, 9.17) is 0 Å². The van der Waals surface area contributed by atoms with Gasteiger partial charge in [-0.3, -0.25) is 20.4 Å². The summed E-state index contributed by atoms with van der Waals surface area (Å²) >= 11 is 0. The molecule has 3 heterocycles. The maximum atomic E-state index is 13.2. The van der Waals surface area contributed by atoms with Gasteiger partial charge in [0.15, 0.2) is 0 Å². The minimum absolute atomic E-state index is 0.0260. The van der Waals surface area contributed by atoms with Crippen molar-refractivity contribution in [2.45, 2.75) is 103 Å². The molecule has 4 aliphatic rings. The molecule has 4 rings (SSSR count). The number of hydrazine groups is 1. The van der Waals surface area contributed by atoms with Crippen LogP contribution in [0.5, 0.6) is 0 Å². The summed E-state index contributed by atoms with van der Waals surface area (Å²) in [5.41, 5.74) is 3.59. The van der Waals surface area contributed by atoms with Crippen molar-refractivity contribution in [3.05, 3.63) is 0 Å². The molecule has 7 nitrogen and oxygen atoms in total. The first-order valence-corrected chi connectivity index (χ1v) is 12.0. The number of nitrogens with one attached hydrogen (secondary N) is 4. The Bertz CT molecular complexity index is 556. The number of carbonyl (C=O) groups is 1. The van der Waals surface area contributed by atoms with Gasteiger partial charge in [-0.15, -0.1) is 0 Å². The Labute approximate surface area is 176 Å². The molecule has 3 saturated heterocycles. The van der Waals surface area contributed by atoms with Crippen LogP contribution in [0.2, 0.25) is 0 Å². The summed E-state index contributed by atoms with van der Waals surface area (Å²) in [5, 5.41) is 13.1. The smallest absolute Gasteiger partial charge is 0.227 e. The van der Waals surface area contributed by atoms with Crippen LogP contribution in [0.25, 0.3) is 0 Å². The van der Waals surface area contributed by atoms with E-state index in [1.807, 2.05) is 0 Å². The summed E-state index contributed by atoms with van der Waals surface area (Å²) in [5.74, 6) is 1.06. The molecule has 6 unspecified atom stereocenters. The molecule has 0 radical (unpaired) electrons. The monoisotopic (exact) mass is 406 g/mol. The van der Waals surface area contributed by atoms with Crippen LogP contribution in [-0.2, 0) is 4.79 Å². The maximum Gasteiger partial charge on any atom is 0.227 e. The lowest BCUT2D eigenvalue weighted by Gasteiger charge is -2.50. The SMILES string of the molecule is CCC1CCC(NC(=O)C2CNN3C2NC(C)CC3N2CC(C)NC(C)C2)CC1. The fourth-order valence-corrected chi connectivity index (χ4v) is 6.08. The Morgan fingerprint density at radius 1 is 1.00 bits per heavy atom. The summed E-state index contributed by atoms with van der Waals surface area (Å²) in [6.45, 7) is 11.9. The lowest BCUT2D eigenvalue weighted by molar-refractivity contribution is -0.129. The number of carbonyl (C=O) groups excluding carboxylic acids is 1. The topological polar surface area (TPSA) is 71.7 Å². The summed E-state index contributed by atoms with van der Waals surface area (Å²) in [6, 6.07) is 1.78. The predicted octanol–water partition coefficient (Wildman–Crippen LogP) is 1.22. The van der Waals surface area contributed by atoms with Gasteiger partial charge in [0.1, 0.15) is 0 Å². The van der Waals surface area contributed by atoms with Crippen LogP contribution < -0.4 is 21.4 Å². The van der Waals surface area contributed by atoms with Crippen LogP contribution >= 0.6 is 0 Å². The molecule has 29 heavy (non-hydrogen) atoms. The molecule has 0 aromatic carbocycles. The Morgan fingerprint density at radius 3 is 2.34 bits per heavy atom. The molecule has 6 atom stereocenters. The Kier molecular flexibility index (Phi) is 6.81. The highest BCUT2D eigenvalue weighted by Crippen LogP contribution is 2.30. The number of amides is 1. The number of nitrogens with zero attached hydrogens (tertiary/aromatic N) is 2. The Morgan fingerprint density at radius 2 is 1.69 bits per heavy atom. The van der Waals surface area contributed by atoms with E-state index in [-0.39, 0.29) is 18.0 Å². The summed E-state index contributed by atoms with van der Waals surface area (Å²) < 4.78 is 0. The van der Waals surface area contributed by atoms with Gasteiger partial charge in [0.2, 0.25) is 5.91 Å². The molecule has 4 fully saturated rings. The van der Waals surface area contributed by atoms with Crippen LogP contribution in [0.3, 0.4) is 0 Å². The van der Waals surface area contributed by atoms with Gasteiger partial charge in [-0.05, 0) is 58.8 Å². The zero-order chi connectivity index (χ0) is 20.5. The number of piperazine rings is 1. The second-order valence-electron chi connectivity index (χ2n) is 10.2. The van der Waals surface area contributed by atoms with Crippen LogP contribution in [0.15, 0.2) is 0 Å². The molecule has 4 N–H and O–H groups in total. The van der Waals surface area contributed by atoms with E-state index >= 15 is 0 Å². The number of hydrogen-bond donors (Lipinski definition) is 4. The fourth-order valence-electron chi connectivity index (χ4n) is 6.08. The Hall–Kier alpha value is -0.730. The second kappa shape index (κ2) is 9.18. The third-order valence-electron chi connectivity index (χ3n) is 7.63. The van der Waals surface area contributed by atoms with Crippen molar-refractivity contribution in [1.82, 2.24) is 31.3 Å². The van der Waals surface area contributed by atoms with Crippen LogP contribution in [0, 0.1) is 11.8 Å². The second-order valence-corrected chi connectivity index (χ2v) is 10.2. The van der Waals surface area contributed by atoms with E-state index in [2.05, 4.69) is 59.0 Å². The van der Waals surface area contributed by atoms with Crippen LogP contribution in [0.4, 0.5) is 0 Å². The van der Waals surface area contributed by atoms with E-state index in [1.54, 1.807) is 0 Å². The molecule has 7 heteroatoms. The molecule has 1 amide bonds. The quantitative estimate of drug-likeness (QED) is 0.563. The molecule has 0 bridgehead atoms. The van der Waals surface area contributed by atoms with Crippen molar-refractivity contribution in [2.75, 3.05) is 19.6 Å². The molecular formula is C22H42N6O. The van der Waals surface area contributed by atoms with Gasteiger partial charge in [-0.2, -0.15) is 0 Å². The Balaban J connectivity index is 1.38. The van der Waals surface area contributed by atoms with Crippen molar-refractivity contribution < 1.29 is 4.79 Å². The van der Waals surface area contributed by atoms with Crippen molar-refractivity contribution >= 4 is 5.91 Å². The van der Waals surface area contributed by atoms with E-state index < -0.39 is 0 Å². The first kappa shape index (κ1) is 21.5. The average molecular weight is 407 g/mol. The lowest BCUT2D eigenvalue weighted by atomic mass is 9.84. The zero-order valence-corrected chi connectivity index (χ0v) is 18.8. The predicted molar refractivity (Wildman–Crippen MR) is 116 cm³/mol. The molecule has 166 valence electrons. The van der Waals surface area contributed by atoms with Gasteiger partial charge in [0, 0.05) is 43.8 Å². The van der Waals surface area contributed by atoms with Gasteiger partial charge in [-0.25, -0.2) is 5.01 Å². The van der Waals surface area contributed by atoms with E-state index in [0.717, 1.165) is 44.8 Å². The number of fused-ring (bicyclic) bond motifs is 1. The third-order valence-corrected chi connectivity index (χ3v) is 7.63. The van der Waals surface area contributed by atoms with Crippen molar-refractivity contribution in [2.24, 2.45) is 11.8 Å². The molecule has 0 aromatic rings. The maximum absolute atomic E-state index is 13.2. The van der Waals surface area contributed by atoms with Gasteiger partial charge >= 0.3 is 0 Å². The normalized spacial score (nSPS) is 44.4. The molecule has 0 spiro atoms. The van der Waals surface area contributed by atoms with Gasteiger partial charge < -0.3 is 10.6 Å². The summed E-state index contributed by atoms with van der Waals surface area (Å²) in [7, 11) is 0. The van der Waals surface area contributed by atoms with Crippen LogP contribution in [-0.4, -0.2) is 71.9 Å². The standard InChI is InChI=1S/C22H42N6O/c1-5-17-6-8-18(9-7-17)26-22(29)19-11-23-28-20(10-14(2)25-21(19)28)27-12-15(3)24-16(4)13-27/h14-21,23-25H,5-13H2,1-4H3,(H,26,29). The van der Waals surface area contributed by atoms with E-state index in [0.29, 0.717) is 30.3 Å². The van der Waals surface area contributed by atoms with Gasteiger partial charge in [0.05, 0.1) is 18.2 Å². The lowest BCUT2D eigenvalue weighted by Crippen LogP contribution is -2.69. The minimum Gasteiger partial charge on any atom is -0.353 e. The molecule has 3 aliphatic heterocycles. The van der Waals surface area contributed by atoms with Crippen molar-refractivity contribution in [1.29, 1.82) is 0 Å². The van der Waals surface area contributed by atoms with E-state index in [1.165, 1.54) is 19.3 Å². The first-order chi connectivity index (χ1) is 13.9. The first-order valence-electron chi connectivity index (χ1n) is 12.0. The molecular weight excluding hydrogens is 364 g/mol. The third kappa shape index (κ3) is 4.79. The van der Waals surface area contributed by atoms with Crippen LogP contribution in [0.1, 0.15) is 66.2 Å². The summed E-state index contributed by atoms with van der Waals surface area (Å²) in [4.78, 5) is 15.8. The van der Waals surface area contributed by atoms with Crippen molar-refractivity contribution in [3.63, 3.8) is 0 Å². The molecule has 1 saturated carbocycles. The highest BCUT2D eigenvalue weighted by molar-refractivity contribution is 5.80. The fraction of sp³-hybridized carbons (Fsp3) is 0.955. The molecule has 1 aliphatic carbocycles. The van der Waals surface area contributed by atoms with E-state index in [9.17, 15) is 4.79 Å². The van der Waals surface area contributed by atoms with Gasteiger partial charge in [0.25, 0.3) is 0 Å². The zero-order valence-electron chi connectivity index (χ0n) is 18.8.